The first kappa shape index (κ1) is 16.6. The fraction of sp³-hybridized carbons (Fsp3) is 0.333. The standard InChI is InChI=1S/C21H22N2O3/c24-20(11-13-26-17-7-2-1-3-8-17)22-14-19-18-9-5-4-6-16(18)10-12-23(19)21(25)15-22/h1-9,19H,10-15H2. The molecule has 1 saturated heterocycles. The quantitative estimate of drug-likeness (QED) is 0.851. The number of nitrogens with zero attached hydrogens (tertiary/aromatic N) is 2. The highest BCUT2D eigenvalue weighted by Gasteiger charge is 2.38. The maximum Gasteiger partial charge on any atom is 0.242 e. The molecule has 1 fully saturated rings. The minimum absolute atomic E-state index is 0.0276. The van der Waals surface area contributed by atoms with Crippen LogP contribution in [0.25, 0.3) is 0 Å². The lowest BCUT2D eigenvalue weighted by Gasteiger charge is -2.44. The summed E-state index contributed by atoms with van der Waals surface area (Å²) in [5, 5.41) is 0. The van der Waals surface area contributed by atoms with E-state index in [0.717, 1.165) is 18.7 Å². The van der Waals surface area contributed by atoms with Crippen molar-refractivity contribution < 1.29 is 14.3 Å². The number of carbonyl (C=O) groups is 2. The first-order valence-electron chi connectivity index (χ1n) is 9.05. The average Bonchev–Trinajstić information content (AvgIpc) is 2.68. The summed E-state index contributed by atoms with van der Waals surface area (Å²) in [6.45, 7) is 1.79. The first-order valence-corrected chi connectivity index (χ1v) is 9.05. The van der Waals surface area contributed by atoms with E-state index in [1.807, 2.05) is 47.4 Å². The molecule has 134 valence electrons. The SMILES string of the molecule is O=C(CCOc1ccccc1)N1CC(=O)N2CCc3ccccc3C2C1. The van der Waals surface area contributed by atoms with Gasteiger partial charge in [0, 0.05) is 13.1 Å². The molecule has 5 heteroatoms. The molecule has 26 heavy (non-hydrogen) atoms. The highest BCUT2D eigenvalue weighted by molar-refractivity contribution is 5.86. The predicted molar refractivity (Wildman–Crippen MR) is 97.7 cm³/mol. The van der Waals surface area contributed by atoms with Crippen LogP contribution in [0.1, 0.15) is 23.6 Å². The molecule has 2 aliphatic heterocycles. The van der Waals surface area contributed by atoms with Crippen molar-refractivity contribution in [2.75, 3.05) is 26.2 Å². The maximum absolute atomic E-state index is 12.6. The van der Waals surface area contributed by atoms with Gasteiger partial charge in [-0.25, -0.2) is 0 Å². The molecule has 4 rings (SSSR count). The Morgan fingerprint density at radius 3 is 2.69 bits per heavy atom. The second-order valence-electron chi connectivity index (χ2n) is 6.74. The normalized spacial score (nSPS) is 18.9. The lowest BCUT2D eigenvalue weighted by Crippen LogP contribution is -2.55. The fourth-order valence-electron chi connectivity index (χ4n) is 3.80. The van der Waals surface area contributed by atoms with Crippen molar-refractivity contribution in [1.82, 2.24) is 9.80 Å². The summed E-state index contributed by atoms with van der Waals surface area (Å²) >= 11 is 0. The van der Waals surface area contributed by atoms with E-state index in [9.17, 15) is 9.59 Å². The second kappa shape index (κ2) is 7.20. The molecule has 0 spiro atoms. The van der Waals surface area contributed by atoms with E-state index in [2.05, 4.69) is 12.1 Å². The van der Waals surface area contributed by atoms with Crippen LogP contribution in [0, 0.1) is 0 Å². The first-order chi connectivity index (χ1) is 12.7. The van der Waals surface area contributed by atoms with Gasteiger partial charge in [-0.15, -0.1) is 0 Å². The van der Waals surface area contributed by atoms with Crippen LogP contribution in [-0.4, -0.2) is 47.9 Å². The predicted octanol–water partition coefficient (Wildman–Crippen LogP) is 2.42. The third-order valence-electron chi connectivity index (χ3n) is 5.13. The third-order valence-corrected chi connectivity index (χ3v) is 5.13. The van der Waals surface area contributed by atoms with Crippen molar-refractivity contribution in [3.05, 3.63) is 65.7 Å². The van der Waals surface area contributed by atoms with E-state index in [1.165, 1.54) is 11.1 Å². The van der Waals surface area contributed by atoms with Gasteiger partial charge < -0.3 is 14.5 Å². The molecule has 0 aliphatic carbocycles. The smallest absolute Gasteiger partial charge is 0.242 e. The number of amides is 2. The number of para-hydroxylation sites is 1. The van der Waals surface area contributed by atoms with Crippen molar-refractivity contribution in [3.63, 3.8) is 0 Å². The van der Waals surface area contributed by atoms with Crippen molar-refractivity contribution in [2.24, 2.45) is 0 Å². The molecule has 5 nitrogen and oxygen atoms in total. The van der Waals surface area contributed by atoms with E-state index in [0.29, 0.717) is 13.2 Å². The van der Waals surface area contributed by atoms with Gasteiger partial charge in [0.2, 0.25) is 11.8 Å². The van der Waals surface area contributed by atoms with Gasteiger partial charge in [-0.1, -0.05) is 42.5 Å². The molecule has 0 bridgehead atoms. The molecule has 2 aliphatic rings. The van der Waals surface area contributed by atoms with Crippen LogP contribution in [0.4, 0.5) is 0 Å². The number of hydrogen-bond acceptors (Lipinski definition) is 3. The fourth-order valence-corrected chi connectivity index (χ4v) is 3.80. The summed E-state index contributed by atoms with van der Waals surface area (Å²) in [6, 6.07) is 17.6. The van der Waals surface area contributed by atoms with Crippen LogP contribution in [0.5, 0.6) is 5.75 Å². The summed E-state index contributed by atoms with van der Waals surface area (Å²) in [4.78, 5) is 28.7. The number of hydrogen-bond donors (Lipinski definition) is 0. The lowest BCUT2D eigenvalue weighted by molar-refractivity contribution is -0.149. The number of carbonyl (C=O) groups excluding carboxylic acids is 2. The number of piperazine rings is 1. The van der Waals surface area contributed by atoms with Crippen LogP contribution in [0.15, 0.2) is 54.6 Å². The Labute approximate surface area is 153 Å². The van der Waals surface area contributed by atoms with Crippen LogP contribution >= 0.6 is 0 Å². The molecule has 1 unspecified atom stereocenters. The molecule has 0 saturated carbocycles. The van der Waals surface area contributed by atoms with Crippen molar-refractivity contribution >= 4 is 11.8 Å². The number of benzene rings is 2. The van der Waals surface area contributed by atoms with Gasteiger partial charge >= 0.3 is 0 Å². The lowest BCUT2D eigenvalue weighted by atomic mass is 9.90. The third kappa shape index (κ3) is 3.29. The van der Waals surface area contributed by atoms with Crippen molar-refractivity contribution in [2.45, 2.75) is 18.9 Å². The van der Waals surface area contributed by atoms with E-state index in [1.54, 1.807) is 4.90 Å². The van der Waals surface area contributed by atoms with E-state index in [-0.39, 0.29) is 30.8 Å². The molecule has 0 N–H and O–H groups in total. The van der Waals surface area contributed by atoms with Gasteiger partial charge in [-0.05, 0) is 29.7 Å². The van der Waals surface area contributed by atoms with Crippen molar-refractivity contribution in [3.8, 4) is 5.75 Å². The summed E-state index contributed by atoms with van der Waals surface area (Å²) in [7, 11) is 0. The van der Waals surface area contributed by atoms with Gasteiger partial charge in [-0.3, -0.25) is 9.59 Å². The van der Waals surface area contributed by atoms with Gasteiger partial charge in [-0.2, -0.15) is 0 Å². The average molecular weight is 350 g/mol. The molecule has 2 amide bonds. The molecule has 2 heterocycles. The largest absolute Gasteiger partial charge is 0.493 e. The zero-order valence-electron chi connectivity index (χ0n) is 14.6. The number of fused-ring (bicyclic) bond motifs is 3. The summed E-state index contributed by atoms with van der Waals surface area (Å²) in [5.41, 5.74) is 2.45. The number of ether oxygens (including phenoxy) is 1. The van der Waals surface area contributed by atoms with Gasteiger partial charge in [0.1, 0.15) is 5.75 Å². The minimum atomic E-state index is -0.0306. The van der Waals surface area contributed by atoms with Crippen LogP contribution in [0.3, 0.4) is 0 Å². The van der Waals surface area contributed by atoms with Crippen molar-refractivity contribution in [1.29, 1.82) is 0 Å². The van der Waals surface area contributed by atoms with Gasteiger partial charge in [0.25, 0.3) is 0 Å². The Kier molecular flexibility index (Phi) is 4.61. The Morgan fingerprint density at radius 1 is 1.08 bits per heavy atom. The van der Waals surface area contributed by atoms with Gasteiger partial charge in [0.05, 0.1) is 25.6 Å². The highest BCUT2D eigenvalue weighted by Crippen LogP contribution is 2.33. The van der Waals surface area contributed by atoms with Crippen LogP contribution in [-0.2, 0) is 16.0 Å². The van der Waals surface area contributed by atoms with Crippen LogP contribution in [0.2, 0.25) is 0 Å². The molecule has 1 atom stereocenters. The zero-order chi connectivity index (χ0) is 17.9. The van der Waals surface area contributed by atoms with Gasteiger partial charge in [0.15, 0.2) is 0 Å². The Hall–Kier alpha value is -2.82. The van der Waals surface area contributed by atoms with E-state index < -0.39 is 0 Å². The molecule has 0 aromatic heterocycles. The monoisotopic (exact) mass is 350 g/mol. The maximum atomic E-state index is 12.6. The summed E-state index contributed by atoms with van der Waals surface area (Å²) in [6.07, 6.45) is 1.16. The second-order valence-corrected chi connectivity index (χ2v) is 6.74. The summed E-state index contributed by atoms with van der Waals surface area (Å²) in [5.74, 6) is 0.757. The van der Waals surface area contributed by atoms with Crippen LogP contribution < -0.4 is 4.74 Å². The molecule has 0 radical (unpaired) electrons. The highest BCUT2D eigenvalue weighted by atomic mass is 16.5. The Balaban J connectivity index is 1.40. The molecular weight excluding hydrogens is 328 g/mol. The van der Waals surface area contributed by atoms with E-state index in [4.69, 9.17) is 4.74 Å². The molecule has 2 aromatic carbocycles. The minimum Gasteiger partial charge on any atom is -0.493 e. The Bertz CT molecular complexity index is 806. The summed E-state index contributed by atoms with van der Waals surface area (Å²) < 4.78 is 5.61. The van der Waals surface area contributed by atoms with E-state index >= 15 is 0 Å². The molecular formula is C21H22N2O3. The topological polar surface area (TPSA) is 49.9 Å². The number of rotatable bonds is 4. The molecule has 2 aromatic rings. The zero-order valence-corrected chi connectivity index (χ0v) is 14.6. The Morgan fingerprint density at radius 2 is 1.85 bits per heavy atom.